The van der Waals surface area contributed by atoms with Crippen LogP contribution in [0.4, 0.5) is 13.2 Å². The number of thioether (sulfide) groups is 1. The molecule has 6 rings (SSSR count). The van der Waals surface area contributed by atoms with Crippen LogP contribution in [0.1, 0.15) is 23.1 Å². The number of aromatic nitrogens is 2. The lowest BCUT2D eigenvalue weighted by Gasteiger charge is -2.34. The maximum atomic E-state index is 13.5. The third kappa shape index (κ3) is 4.72. The summed E-state index contributed by atoms with van der Waals surface area (Å²) in [6, 6.07) is 9.87. The lowest BCUT2D eigenvalue weighted by molar-refractivity contribution is -0.138. The fraction of sp³-hybridized carbons (Fsp3) is 0.346. The first kappa shape index (κ1) is 25.4. The second-order valence-corrected chi connectivity index (χ2v) is 11.1. The Balaban J connectivity index is 1.18. The van der Waals surface area contributed by atoms with E-state index in [1.807, 2.05) is 12.1 Å². The molecular weight excluding hydrogens is 539 g/mol. The molecule has 0 saturated carbocycles. The van der Waals surface area contributed by atoms with E-state index in [1.165, 1.54) is 28.6 Å². The number of amidine groups is 1. The molecule has 0 aliphatic carbocycles. The van der Waals surface area contributed by atoms with Crippen LogP contribution in [0.25, 0.3) is 17.0 Å². The van der Waals surface area contributed by atoms with Crippen molar-refractivity contribution in [1.29, 1.82) is 0 Å². The Hall–Kier alpha value is -2.86. The molecule has 2 atom stereocenters. The van der Waals surface area contributed by atoms with Gasteiger partial charge in [-0.25, -0.2) is 0 Å². The Bertz CT molecular complexity index is 1490. The number of benzene rings is 2. The zero-order chi connectivity index (χ0) is 26.6. The molecule has 1 aromatic heterocycles. The highest BCUT2D eigenvalue weighted by Gasteiger charge is 2.45. The molecule has 38 heavy (non-hydrogen) atoms. The molecule has 7 nitrogen and oxygen atoms in total. The van der Waals surface area contributed by atoms with Gasteiger partial charge in [0.2, 0.25) is 0 Å². The van der Waals surface area contributed by atoms with Crippen molar-refractivity contribution in [2.24, 2.45) is 4.99 Å². The number of hydrogen-bond donors (Lipinski definition) is 1. The highest BCUT2D eigenvalue weighted by Crippen LogP contribution is 2.38. The van der Waals surface area contributed by atoms with Crippen LogP contribution in [0.5, 0.6) is 0 Å². The van der Waals surface area contributed by atoms with Crippen molar-refractivity contribution in [2.75, 3.05) is 26.2 Å². The van der Waals surface area contributed by atoms with Crippen molar-refractivity contribution in [3.63, 3.8) is 0 Å². The molecular formula is C26H23ClF3N5O2S. The number of aliphatic hydroxyl groups is 1. The fourth-order valence-electron chi connectivity index (χ4n) is 5.49. The van der Waals surface area contributed by atoms with Gasteiger partial charge in [-0.15, -0.1) is 0 Å². The Kier molecular flexibility index (Phi) is 6.50. The molecule has 3 aliphatic rings. The van der Waals surface area contributed by atoms with Gasteiger partial charge in [-0.05, 0) is 59.7 Å². The summed E-state index contributed by atoms with van der Waals surface area (Å²) in [5.74, 6) is -0.279. The summed E-state index contributed by atoms with van der Waals surface area (Å²) in [7, 11) is 0. The lowest BCUT2D eigenvalue weighted by atomic mass is 10.1. The van der Waals surface area contributed by atoms with Gasteiger partial charge in [0, 0.05) is 42.1 Å². The molecule has 0 radical (unpaired) electrons. The first-order valence-electron chi connectivity index (χ1n) is 12.1. The molecule has 2 aromatic carbocycles. The van der Waals surface area contributed by atoms with Crippen molar-refractivity contribution in [3.8, 4) is 0 Å². The van der Waals surface area contributed by atoms with Crippen molar-refractivity contribution in [1.82, 2.24) is 19.6 Å². The number of piperazine rings is 1. The van der Waals surface area contributed by atoms with Crippen LogP contribution in [0.15, 0.2) is 52.5 Å². The summed E-state index contributed by atoms with van der Waals surface area (Å²) in [5, 5.41) is 15.0. The van der Waals surface area contributed by atoms with Gasteiger partial charge in [0.25, 0.3) is 5.91 Å². The molecule has 2 fully saturated rings. The van der Waals surface area contributed by atoms with E-state index in [9.17, 15) is 23.1 Å². The summed E-state index contributed by atoms with van der Waals surface area (Å²) in [6.07, 6.45) is -0.130. The van der Waals surface area contributed by atoms with E-state index in [0.29, 0.717) is 29.1 Å². The van der Waals surface area contributed by atoms with Crippen molar-refractivity contribution in [3.05, 3.63) is 69.2 Å². The van der Waals surface area contributed by atoms with Crippen LogP contribution in [-0.2, 0) is 17.5 Å². The Morgan fingerprint density at radius 2 is 2.00 bits per heavy atom. The fourth-order valence-corrected chi connectivity index (χ4v) is 6.66. The summed E-state index contributed by atoms with van der Waals surface area (Å²) < 4.78 is 42.1. The van der Waals surface area contributed by atoms with Crippen LogP contribution >= 0.6 is 23.4 Å². The lowest BCUT2D eigenvalue weighted by Crippen LogP contribution is -2.48. The van der Waals surface area contributed by atoms with E-state index in [4.69, 9.17) is 11.6 Å². The highest BCUT2D eigenvalue weighted by molar-refractivity contribution is 8.18. The number of hydrogen-bond acceptors (Lipinski definition) is 6. The van der Waals surface area contributed by atoms with Gasteiger partial charge in [-0.1, -0.05) is 23.7 Å². The molecule has 3 aliphatic heterocycles. The van der Waals surface area contributed by atoms with E-state index in [2.05, 4.69) is 19.9 Å². The van der Waals surface area contributed by atoms with E-state index < -0.39 is 11.7 Å². The number of nitrogens with zero attached hydrogens (tertiary/aromatic N) is 5. The maximum absolute atomic E-state index is 13.5. The van der Waals surface area contributed by atoms with Crippen LogP contribution in [0.2, 0.25) is 5.02 Å². The van der Waals surface area contributed by atoms with Crippen molar-refractivity contribution < 1.29 is 23.1 Å². The Morgan fingerprint density at radius 1 is 1.16 bits per heavy atom. The minimum Gasteiger partial charge on any atom is -0.395 e. The van der Waals surface area contributed by atoms with Crippen molar-refractivity contribution >= 4 is 51.4 Å². The predicted octanol–water partition coefficient (Wildman–Crippen LogP) is 4.48. The zero-order valence-corrected chi connectivity index (χ0v) is 21.6. The normalized spacial score (nSPS) is 22.9. The quantitative estimate of drug-likeness (QED) is 0.463. The van der Waals surface area contributed by atoms with Crippen molar-refractivity contribution in [2.45, 2.75) is 31.2 Å². The van der Waals surface area contributed by atoms with Gasteiger partial charge in [0.15, 0.2) is 5.17 Å². The average Bonchev–Trinajstić information content (AvgIpc) is 3.64. The zero-order valence-electron chi connectivity index (χ0n) is 20.0. The number of aliphatic hydroxyl groups excluding tert-OH is 1. The smallest absolute Gasteiger partial charge is 0.395 e. The van der Waals surface area contributed by atoms with Crippen LogP contribution in [0.3, 0.4) is 0 Å². The largest absolute Gasteiger partial charge is 0.416 e. The number of fused-ring (bicyclic) bond motifs is 3. The second-order valence-electron chi connectivity index (χ2n) is 9.64. The molecule has 3 aromatic rings. The third-order valence-corrected chi connectivity index (χ3v) is 8.51. The number of amides is 1. The van der Waals surface area contributed by atoms with Gasteiger partial charge in [0.1, 0.15) is 0 Å². The van der Waals surface area contributed by atoms with Gasteiger partial charge in [0.05, 0.1) is 35.3 Å². The van der Waals surface area contributed by atoms with Gasteiger partial charge in [-0.2, -0.15) is 23.3 Å². The average molecular weight is 562 g/mol. The topological polar surface area (TPSA) is 74.0 Å². The standard InChI is InChI=1S/C26H23ClF3N5O2S/c27-18-3-2-16(21(9-18)26(28,29)30)12-35-22-4-1-15(7-17(22)11-31-35)8-23-24(37)32-25(38-23)34-14-19-10-20(34)13-33(19)5-6-36/h1-4,7-9,11,19-20,36H,5-6,10,12-14H2/b23-8-/t19-,20-/m1/s1. The van der Waals surface area contributed by atoms with Gasteiger partial charge >= 0.3 is 6.18 Å². The predicted molar refractivity (Wildman–Crippen MR) is 141 cm³/mol. The maximum Gasteiger partial charge on any atom is 0.416 e. The first-order valence-corrected chi connectivity index (χ1v) is 13.3. The summed E-state index contributed by atoms with van der Waals surface area (Å²) in [4.78, 5) is 22.0. The molecule has 2 saturated heterocycles. The van der Waals surface area contributed by atoms with Crippen LogP contribution < -0.4 is 0 Å². The van der Waals surface area contributed by atoms with E-state index >= 15 is 0 Å². The number of β-amino-alcohol motifs (C(OH)–C–C–N with tert-alkyl or cyclic N) is 1. The number of carbonyl (C=O) groups excluding carboxylic acids is 1. The number of alkyl halides is 3. The molecule has 1 amide bonds. The number of halogens is 4. The Labute approximate surface area is 225 Å². The number of likely N-dealkylation sites (tertiary alicyclic amines) is 2. The molecule has 12 heteroatoms. The molecule has 4 heterocycles. The minimum absolute atomic E-state index is 0.0245. The van der Waals surface area contributed by atoms with E-state index in [-0.39, 0.29) is 29.6 Å². The summed E-state index contributed by atoms with van der Waals surface area (Å²) >= 11 is 7.17. The van der Waals surface area contributed by atoms with Gasteiger partial charge < -0.3 is 10.0 Å². The third-order valence-electron chi connectivity index (χ3n) is 7.26. The monoisotopic (exact) mass is 561 g/mol. The van der Waals surface area contributed by atoms with Crippen LogP contribution in [0, 0.1) is 0 Å². The SMILES string of the molecule is O=C1N=C(N2C[C@H]3C[C@@H]2CN3CCO)S/C1=C\c1ccc2c(cnn2Cc2ccc(Cl)cc2C(F)(F)F)c1. The number of aliphatic imine (C=N–C) groups is 1. The first-order chi connectivity index (χ1) is 18.2. The molecule has 0 spiro atoms. The molecule has 2 bridgehead atoms. The molecule has 0 unspecified atom stereocenters. The molecule has 198 valence electrons. The second kappa shape index (κ2) is 9.71. The van der Waals surface area contributed by atoms with E-state index in [0.717, 1.165) is 41.7 Å². The van der Waals surface area contributed by atoms with E-state index in [1.54, 1.807) is 18.3 Å². The number of carbonyl (C=O) groups is 1. The van der Waals surface area contributed by atoms with Gasteiger partial charge in [-0.3, -0.25) is 14.4 Å². The van der Waals surface area contributed by atoms with Crippen LogP contribution in [-0.4, -0.2) is 74.1 Å². The Morgan fingerprint density at radius 3 is 2.74 bits per heavy atom. The number of rotatable bonds is 5. The minimum atomic E-state index is -4.53. The summed E-state index contributed by atoms with van der Waals surface area (Å²) in [6.45, 7) is 2.41. The highest BCUT2D eigenvalue weighted by atomic mass is 35.5. The summed E-state index contributed by atoms with van der Waals surface area (Å²) in [5.41, 5.74) is 0.753. The molecule has 1 N–H and O–H groups in total.